The second-order valence-corrected chi connectivity index (χ2v) is 6.84. The summed E-state index contributed by atoms with van der Waals surface area (Å²) in [5.74, 6) is -1.70. The van der Waals surface area contributed by atoms with Crippen LogP contribution in [0.4, 0.5) is 13.2 Å². The maximum absolute atomic E-state index is 13.1. The number of sulfone groups is 1. The minimum Gasteiger partial charge on any atom is -0.478 e. The van der Waals surface area contributed by atoms with E-state index < -0.39 is 48.9 Å². The van der Waals surface area contributed by atoms with Crippen LogP contribution >= 0.6 is 24.0 Å². The first-order chi connectivity index (χ1) is 9.93. The molecule has 2 rings (SSSR count). The Morgan fingerprint density at radius 1 is 1.30 bits per heavy atom. The van der Waals surface area contributed by atoms with E-state index in [2.05, 4.69) is 4.98 Å². The monoisotopic (exact) mass is 389 g/mol. The Kier molecular flexibility index (Phi) is 5.20. The molecule has 0 atom stereocenters. The van der Waals surface area contributed by atoms with E-state index in [-0.39, 0.29) is 17.4 Å². The highest BCUT2D eigenvalue weighted by atomic mass is 35.5. The number of carbonyl (C=O) groups is 1. The number of nitrogens with zero attached hydrogens (tertiary/aromatic N) is 1. The van der Waals surface area contributed by atoms with Crippen molar-refractivity contribution in [3.05, 3.63) is 34.5 Å². The molecule has 0 saturated carbocycles. The van der Waals surface area contributed by atoms with E-state index in [1.165, 1.54) is 0 Å². The molecule has 23 heavy (non-hydrogen) atoms. The zero-order chi connectivity index (χ0) is 16.9. The van der Waals surface area contributed by atoms with Crippen molar-refractivity contribution in [2.75, 3.05) is 6.26 Å². The van der Waals surface area contributed by atoms with Crippen molar-refractivity contribution >= 4 is 50.7 Å². The number of aromatic nitrogens is 1. The van der Waals surface area contributed by atoms with Gasteiger partial charge in [-0.05, 0) is 12.1 Å². The van der Waals surface area contributed by atoms with Crippen molar-refractivity contribution in [2.45, 2.75) is 11.1 Å². The van der Waals surface area contributed by atoms with E-state index in [0.29, 0.717) is 12.3 Å². The Labute approximate surface area is 139 Å². The van der Waals surface area contributed by atoms with Crippen LogP contribution < -0.4 is 0 Å². The van der Waals surface area contributed by atoms with Gasteiger partial charge in [0.1, 0.15) is 5.56 Å². The standard InChI is InChI=1S/C12H7ClF3NO4S.ClH/c1-22(20,21)8-3-7(12(14,15)16)6-2-5(13)4-17-10(6)9(8)11(18)19;/h2-4H,1H3,(H,18,19);1H. The number of benzene rings is 1. The van der Waals surface area contributed by atoms with Gasteiger partial charge in [0.15, 0.2) is 9.84 Å². The fraction of sp³-hybridized carbons (Fsp3) is 0.167. The highest BCUT2D eigenvalue weighted by molar-refractivity contribution is 7.90. The maximum atomic E-state index is 13.1. The first kappa shape index (κ1) is 19.5. The van der Waals surface area contributed by atoms with Gasteiger partial charge < -0.3 is 5.11 Å². The van der Waals surface area contributed by atoms with Crippen molar-refractivity contribution in [1.82, 2.24) is 4.98 Å². The fourth-order valence-electron chi connectivity index (χ4n) is 1.98. The van der Waals surface area contributed by atoms with E-state index in [4.69, 9.17) is 11.6 Å². The van der Waals surface area contributed by atoms with E-state index >= 15 is 0 Å². The molecule has 1 aromatic heterocycles. The zero-order valence-electron chi connectivity index (χ0n) is 11.2. The number of alkyl halides is 3. The zero-order valence-corrected chi connectivity index (χ0v) is 13.6. The summed E-state index contributed by atoms with van der Waals surface area (Å²) in [6, 6.07) is 1.18. The van der Waals surface area contributed by atoms with E-state index in [9.17, 15) is 31.5 Å². The number of aromatic carboxylic acids is 1. The molecule has 2 aromatic rings. The number of carboxylic acid groups (broad SMARTS) is 1. The van der Waals surface area contributed by atoms with Crippen LogP contribution in [0.1, 0.15) is 15.9 Å². The number of pyridine rings is 1. The number of rotatable bonds is 2. The maximum Gasteiger partial charge on any atom is 0.417 e. The normalized spacial score (nSPS) is 12.0. The Morgan fingerprint density at radius 3 is 2.30 bits per heavy atom. The van der Waals surface area contributed by atoms with Crippen LogP contribution in [0.5, 0.6) is 0 Å². The van der Waals surface area contributed by atoms with Gasteiger partial charge in [0.25, 0.3) is 0 Å². The summed E-state index contributed by atoms with van der Waals surface area (Å²) < 4.78 is 62.7. The molecule has 0 fully saturated rings. The third-order valence-electron chi connectivity index (χ3n) is 2.82. The summed E-state index contributed by atoms with van der Waals surface area (Å²) >= 11 is 5.61. The highest BCUT2D eigenvalue weighted by Gasteiger charge is 2.36. The summed E-state index contributed by atoms with van der Waals surface area (Å²) in [4.78, 5) is 13.9. The summed E-state index contributed by atoms with van der Waals surface area (Å²) in [5.41, 5.74) is -2.72. The van der Waals surface area contributed by atoms with Gasteiger partial charge in [0, 0.05) is 17.8 Å². The molecule has 1 N–H and O–H groups in total. The molecule has 11 heteroatoms. The second kappa shape index (κ2) is 6.14. The molecule has 1 heterocycles. The minimum absolute atomic E-state index is 0. The van der Waals surface area contributed by atoms with Gasteiger partial charge in [-0.3, -0.25) is 4.98 Å². The highest BCUT2D eigenvalue weighted by Crippen LogP contribution is 2.39. The number of hydrogen-bond acceptors (Lipinski definition) is 4. The molecular formula is C12H8Cl2F3NO4S. The quantitative estimate of drug-likeness (QED) is 0.850. The number of carboxylic acids is 1. The molecule has 0 bridgehead atoms. The Hall–Kier alpha value is -1.58. The van der Waals surface area contributed by atoms with E-state index in [1.54, 1.807) is 0 Å². The van der Waals surface area contributed by atoms with Crippen molar-refractivity contribution in [3.8, 4) is 0 Å². The molecule has 0 spiro atoms. The van der Waals surface area contributed by atoms with Crippen LogP contribution in [0.3, 0.4) is 0 Å². The van der Waals surface area contributed by atoms with Gasteiger partial charge >= 0.3 is 12.1 Å². The molecule has 0 unspecified atom stereocenters. The molecule has 0 amide bonds. The summed E-state index contributed by atoms with van der Waals surface area (Å²) in [7, 11) is -4.22. The predicted molar refractivity (Wildman–Crippen MR) is 79.1 cm³/mol. The van der Waals surface area contributed by atoms with Crippen LogP contribution in [-0.2, 0) is 16.0 Å². The van der Waals surface area contributed by atoms with Crippen molar-refractivity contribution in [1.29, 1.82) is 0 Å². The molecule has 126 valence electrons. The van der Waals surface area contributed by atoms with E-state index in [0.717, 1.165) is 12.3 Å². The van der Waals surface area contributed by atoms with Gasteiger partial charge in [0.05, 0.1) is 21.0 Å². The summed E-state index contributed by atoms with van der Waals surface area (Å²) in [6.07, 6.45) is -3.33. The first-order valence-electron chi connectivity index (χ1n) is 5.55. The van der Waals surface area contributed by atoms with Gasteiger partial charge in [-0.1, -0.05) is 11.6 Å². The first-order valence-corrected chi connectivity index (χ1v) is 7.82. The average Bonchev–Trinajstić information content (AvgIpc) is 2.33. The second-order valence-electron chi connectivity index (χ2n) is 4.42. The van der Waals surface area contributed by atoms with Gasteiger partial charge in [-0.25, -0.2) is 13.2 Å². The lowest BCUT2D eigenvalue weighted by molar-refractivity contribution is -0.136. The van der Waals surface area contributed by atoms with Gasteiger partial charge in [0.2, 0.25) is 0 Å². The SMILES string of the molecule is CS(=O)(=O)c1cc(C(F)(F)F)c2cc(Cl)cnc2c1C(=O)O.Cl. The smallest absolute Gasteiger partial charge is 0.417 e. The lowest BCUT2D eigenvalue weighted by Gasteiger charge is -2.15. The molecule has 0 aliphatic rings. The molecule has 1 aromatic carbocycles. The van der Waals surface area contributed by atoms with Crippen LogP contribution in [-0.4, -0.2) is 30.7 Å². The summed E-state index contributed by atoms with van der Waals surface area (Å²) in [6.45, 7) is 0. The van der Waals surface area contributed by atoms with Crippen molar-refractivity contribution in [3.63, 3.8) is 0 Å². The predicted octanol–water partition coefficient (Wildman–Crippen LogP) is 3.43. The fourth-order valence-corrected chi connectivity index (χ4v) is 3.02. The Morgan fingerprint density at radius 2 is 1.87 bits per heavy atom. The molecule has 5 nitrogen and oxygen atoms in total. The van der Waals surface area contributed by atoms with E-state index in [1.807, 2.05) is 0 Å². The molecule has 0 saturated heterocycles. The van der Waals surface area contributed by atoms with Crippen LogP contribution in [0, 0.1) is 0 Å². The third-order valence-corrected chi connectivity index (χ3v) is 4.15. The average molecular weight is 390 g/mol. The topological polar surface area (TPSA) is 84.3 Å². The minimum atomic E-state index is -4.90. The van der Waals surface area contributed by atoms with Crippen LogP contribution in [0.15, 0.2) is 23.2 Å². The molecular weight excluding hydrogens is 382 g/mol. The number of fused-ring (bicyclic) bond motifs is 1. The Balaban J connectivity index is 0.00000264. The van der Waals surface area contributed by atoms with Crippen molar-refractivity contribution in [2.24, 2.45) is 0 Å². The number of hydrogen-bond donors (Lipinski definition) is 1. The van der Waals surface area contributed by atoms with Gasteiger partial charge in [-0.15, -0.1) is 12.4 Å². The number of halogens is 5. The molecule has 0 aliphatic carbocycles. The lowest BCUT2D eigenvalue weighted by Crippen LogP contribution is -2.14. The lowest BCUT2D eigenvalue weighted by atomic mass is 10.0. The van der Waals surface area contributed by atoms with Crippen LogP contribution in [0.2, 0.25) is 5.02 Å². The largest absolute Gasteiger partial charge is 0.478 e. The van der Waals surface area contributed by atoms with Crippen LogP contribution in [0.25, 0.3) is 10.9 Å². The molecule has 0 aliphatic heterocycles. The van der Waals surface area contributed by atoms with Gasteiger partial charge in [-0.2, -0.15) is 13.2 Å². The summed E-state index contributed by atoms with van der Waals surface area (Å²) in [5, 5.41) is 8.45. The van der Waals surface area contributed by atoms with Crippen molar-refractivity contribution < 1.29 is 31.5 Å². The Bertz CT molecular complexity index is 897. The third kappa shape index (κ3) is 3.67. The molecule has 0 radical (unpaired) electrons.